The average Bonchev–Trinajstić information content (AvgIpc) is 2.49. The molecule has 2 aromatic rings. The third-order valence-corrected chi connectivity index (χ3v) is 5.05. The van der Waals surface area contributed by atoms with Crippen LogP contribution in [0.3, 0.4) is 0 Å². The second kappa shape index (κ2) is 7.29. The van der Waals surface area contributed by atoms with Crippen LogP contribution in [0.25, 0.3) is 0 Å². The minimum Gasteiger partial charge on any atom is -0.492 e. The molecule has 0 heterocycles. The van der Waals surface area contributed by atoms with Gasteiger partial charge in [-0.25, -0.2) is 17.5 Å². The fraction of sp³-hybridized carbons (Fsp3) is 0.250. The van der Waals surface area contributed by atoms with Crippen molar-refractivity contribution in [3.63, 3.8) is 0 Å². The third-order valence-electron chi connectivity index (χ3n) is 3.22. The van der Waals surface area contributed by atoms with Crippen LogP contribution in [0.2, 0.25) is 5.02 Å². The Morgan fingerprint density at radius 3 is 2.43 bits per heavy atom. The third kappa shape index (κ3) is 4.43. The molecule has 0 bridgehead atoms. The van der Waals surface area contributed by atoms with Crippen molar-refractivity contribution < 1.29 is 17.5 Å². The summed E-state index contributed by atoms with van der Waals surface area (Å²) < 4.78 is 45.6. The predicted molar refractivity (Wildman–Crippen MR) is 87.8 cm³/mol. The number of rotatable bonds is 6. The minimum absolute atomic E-state index is 0.0416. The Morgan fingerprint density at radius 1 is 1.22 bits per heavy atom. The second-order valence-electron chi connectivity index (χ2n) is 4.92. The first-order valence-electron chi connectivity index (χ1n) is 7.03. The van der Waals surface area contributed by atoms with Crippen molar-refractivity contribution in [2.75, 3.05) is 6.61 Å². The Hall–Kier alpha value is -1.63. The molecular weight excluding hydrogens is 341 g/mol. The minimum atomic E-state index is -3.76. The molecule has 0 amide bonds. The highest BCUT2D eigenvalue weighted by atomic mass is 35.5. The van der Waals surface area contributed by atoms with E-state index >= 15 is 0 Å². The van der Waals surface area contributed by atoms with Crippen molar-refractivity contribution in [3.8, 4) is 5.75 Å². The predicted octanol–water partition coefficient (Wildman–Crippen LogP) is 3.92. The van der Waals surface area contributed by atoms with Gasteiger partial charge in [-0.05, 0) is 49.7 Å². The molecular formula is C16H17ClFNO3S. The van der Waals surface area contributed by atoms with Crippen molar-refractivity contribution in [1.82, 2.24) is 4.72 Å². The number of hydrogen-bond donors (Lipinski definition) is 1. The maximum atomic E-state index is 12.9. The van der Waals surface area contributed by atoms with Crippen molar-refractivity contribution in [1.29, 1.82) is 0 Å². The number of hydrogen-bond acceptors (Lipinski definition) is 3. The molecule has 0 aliphatic carbocycles. The topological polar surface area (TPSA) is 55.4 Å². The van der Waals surface area contributed by atoms with Crippen molar-refractivity contribution >= 4 is 21.6 Å². The van der Waals surface area contributed by atoms with E-state index in [2.05, 4.69) is 4.72 Å². The summed E-state index contributed by atoms with van der Waals surface area (Å²) in [5, 5.41) is 0.226. The van der Waals surface area contributed by atoms with Gasteiger partial charge in [-0.15, -0.1) is 0 Å². The number of sulfonamides is 1. The molecule has 0 spiro atoms. The van der Waals surface area contributed by atoms with Crippen LogP contribution >= 0.6 is 11.6 Å². The molecule has 23 heavy (non-hydrogen) atoms. The molecule has 0 unspecified atom stereocenters. The summed E-state index contributed by atoms with van der Waals surface area (Å²) in [6, 6.07) is 9.42. The van der Waals surface area contributed by atoms with Gasteiger partial charge < -0.3 is 4.74 Å². The van der Waals surface area contributed by atoms with Crippen LogP contribution in [0.1, 0.15) is 25.5 Å². The molecule has 124 valence electrons. The summed E-state index contributed by atoms with van der Waals surface area (Å²) in [7, 11) is -3.76. The molecule has 4 nitrogen and oxygen atoms in total. The molecule has 1 atom stereocenters. The highest BCUT2D eigenvalue weighted by Gasteiger charge is 2.19. The van der Waals surface area contributed by atoms with Gasteiger partial charge in [0.15, 0.2) is 0 Å². The number of ether oxygens (including phenoxy) is 1. The molecule has 0 aromatic heterocycles. The van der Waals surface area contributed by atoms with Crippen molar-refractivity contribution in [3.05, 3.63) is 58.9 Å². The molecule has 0 radical (unpaired) electrons. The van der Waals surface area contributed by atoms with Crippen LogP contribution in [-0.4, -0.2) is 15.0 Å². The molecule has 0 aliphatic rings. The SMILES string of the molecule is CCOc1ccc(S(=O)(=O)N[C@@H](C)c2ccc(F)cc2)cc1Cl. The number of benzene rings is 2. The summed E-state index contributed by atoms with van der Waals surface area (Å²) in [4.78, 5) is 0.0416. The van der Waals surface area contributed by atoms with Crippen LogP contribution in [-0.2, 0) is 10.0 Å². The Labute approximate surface area is 140 Å². The summed E-state index contributed by atoms with van der Waals surface area (Å²) in [6.07, 6.45) is 0. The fourth-order valence-electron chi connectivity index (χ4n) is 2.04. The molecule has 0 fully saturated rings. The maximum absolute atomic E-state index is 12.9. The van der Waals surface area contributed by atoms with Crippen LogP contribution in [0.15, 0.2) is 47.4 Å². The van der Waals surface area contributed by atoms with Gasteiger partial charge >= 0.3 is 0 Å². The zero-order valence-corrected chi connectivity index (χ0v) is 14.3. The highest BCUT2D eigenvalue weighted by Crippen LogP contribution is 2.28. The monoisotopic (exact) mass is 357 g/mol. The Bertz CT molecular complexity index is 778. The standard InChI is InChI=1S/C16H17ClFNO3S/c1-3-22-16-9-8-14(10-15(16)17)23(20,21)19-11(2)12-4-6-13(18)7-5-12/h4-11,19H,3H2,1-2H3/t11-/m0/s1. The molecule has 2 rings (SSSR count). The fourth-order valence-corrected chi connectivity index (χ4v) is 3.60. The number of nitrogens with one attached hydrogen (secondary N) is 1. The lowest BCUT2D eigenvalue weighted by Crippen LogP contribution is -2.26. The summed E-state index contributed by atoms with van der Waals surface area (Å²) in [5.74, 6) is 0.0572. The van der Waals surface area contributed by atoms with E-state index in [1.165, 1.54) is 42.5 Å². The van der Waals surface area contributed by atoms with Gasteiger partial charge in [0.1, 0.15) is 11.6 Å². The van der Waals surface area contributed by atoms with Gasteiger partial charge in [0, 0.05) is 6.04 Å². The summed E-state index contributed by atoms with van der Waals surface area (Å²) >= 11 is 6.03. The molecule has 0 aliphatic heterocycles. The van der Waals surface area contributed by atoms with Crippen LogP contribution < -0.4 is 9.46 Å². The van der Waals surface area contributed by atoms with E-state index in [0.717, 1.165) is 0 Å². The quantitative estimate of drug-likeness (QED) is 0.852. The first kappa shape index (κ1) is 17.7. The largest absolute Gasteiger partial charge is 0.492 e. The molecule has 7 heteroatoms. The number of halogens is 2. The van der Waals surface area contributed by atoms with E-state index in [9.17, 15) is 12.8 Å². The lowest BCUT2D eigenvalue weighted by molar-refractivity contribution is 0.340. The lowest BCUT2D eigenvalue weighted by atomic mass is 10.1. The molecule has 0 saturated carbocycles. The van der Waals surface area contributed by atoms with Crippen LogP contribution in [0, 0.1) is 5.82 Å². The average molecular weight is 358 g/mol. The first-order chi connectivity index (χ1) is 10.8. The molecule has 0 saturated heterocycles. The van der Waals surface area contributed by atoms with E-state index in [-0.39, 0.29) is 15.7 Å². The highest BCUT2D eigenvalue weighted by molar-refractivity contribution is 7.89. The zero-order chi connectivity index (χ0) is 17.0. The van der Waals surface area contributed by atoms with E-state index in [1.807, 2.05) is 6.92 Å². The maximum Gasteiger partial charge on any atom is 0.241 e. The first-order valence-corrected chi connectivity index (χ1v) is 8.89. The van der Waals surface area contributed by atoms with E-state index < -0.39 is 16.1 Å². The van der Waals surface area contributed by atoms with Gasteiger partial charge in [0.2, 0.25) is 10.0 Å². The van der Waals surface area contributed by atoms with Gasteiger partial charge in [-0.2, -0.15) is 0 Å². The molecule has 1 N–H and O–H groups in total. The Balaban J connectivity index is 2.21. The van der Waals surface area contributed by atoms with Crippen molar-refractivity contribution in [2.45, 2.75) is 24.8 Å². The normalized spacial score (nSPS) is 12.9. The summed E-state index contributed by atoms with van der Waals surface area (Å²) in [6.45, 7) is 3.93. The van der Waals surface area contributed by atoms with Crippen LogP contribution in [0.5, 0.6) is 5.75 Å². The van der Waals surface area contributed by atoms with E-state index in [1.54, 1.807) is 6.92 Å². The lowest BCUT2D eigenvalue weighted by Gasteiger charge is -2.15. The van der Waals surface area contributed by atoms with Gasteiger partial charge in [-0.1, -0.05) is 23.7 Å². The molecule has 2 aromatic carbocycles. The van der Waals surface area contributed by atoms with Crippen molar-refractivity contribution in [2.24, 2.45) is 0 Å². The Kier molecular flexibility index (Phi) is 5.62. The Morgan fingerprint density at radius 2 is 1.87 bits per heavy atom. The van der Waals surface area contributed by atoms with Crippen LogP contribution in [0.4, 0.5) is 4.39 Å². The van der Waals surface area contributed by atoms with E-state index in [0.29, 0.717) is 17.9 Å². The van der Waals surface area contributed by atoms with Gasteiger partial charge in [0.25, 0.3) is 0 Å². The van der Waals surface area contributed by atoms with E-state index in [4.69, 9.17) is 16.3 Å². The van der Waals surface area contributed by atoms with Gasteiger partial charge in [-0.3, -0.25) is 0 Å². The zero-order valence-electron chi connectivity index (χ0n) is 12.7. The second-order valence-corrected chi connectivity index (χ2v) is 7.04. The van der Waals surface area contributed by atoms with Gasteiger partial charge in [0.05, 0.1) is 16.5 Å². The smallest absolute Gasteiger partial charge is 0.241 e. The summed E-state index contributed by atoms with van der Waals surface area (Å²) in [5.41, 5.74) is 0.659.